The minimum Gasteiger partial charge on any atom is -0.329 e. The third-order valence-electron chi connectivity index (χ3n) is 3.78. The molecule has 1 rings (SSSR count). The summed E-state index contributed by atoms with van der Waals surface area (Å²) < 4.78 is 13.4. The highest BCUT2D eigenvalue weighted by Crippen LogP contribution is 2.24. The van der Waals surface area contributed by atoms with E-state index in [0.29, 0.717) is 12.6 Å². The number of nitrogens with zero attached hydrogens (tertiary/aromatic N) is 1. The zero-order valence-electron chi connectivity index (χ0n) is 12.4. The van der Waals surface area contributed by atoms with E-state index in [9.17, 15) is 4.39 Å². The van der Waals surface area contributed by atoms with Gasteiger partial charge in [-0.1, -0.05) is 32.4 Å². The maximum Gasteiger partial charge on any atom is 0.123 e. The summed E-state index contributed by atoms with van der Waals surface area (Å²) in [6.07, 6.45) is 3.39. The van der Waals surface area contributed by atoms with Gasteiger partial charge in [0, 0.05) is 18.6 Å². The van der Waals surface area contributed by atoms with Crippen LogP contribution in [0.2, 0.25) is 0 Å². The van der Waals surface area contributed by atoms with Gasteiger partial charge in [0.25, 0.3) is 0 Å². The molecule has 0 aromatic heterocycles. The first kappa shape index (κ1) is 16.1. The monoisotopic (exact) mass is 266 g/mol. The van der Waals surface area contributed by atoms with Crippen LogP contribution in [0.1, 0.15) is 51.6 Å². The molecule has 0 bridgehead atoms. The Balaban J connectivity index is 2.94. The van der Waals surface area contributed by atoms with Crippen molar-refractivity contribution in [3.63, 3.8) is 0 Å². The molecule has 1 aromatic carbocycles. The lowest BCUT2D eigenvalue weighted by Gasteiger charge is -2.36. The van der Waals surface area contributed by atoms with Crippen LogP contribution in [0.4, 0.5) is 4.39 Å². The quantitative estimate of drug-likeness (QED) is 0.777. The molecule has 1 aromatic rings. The topological polar surface area (TPSA) is 29.3 Å². The molecule has 2 unspecified atom stereocenters. The number of hydrogen-bond donors (Lipinski definition) is 1. The lowest BCUT2D eigenvalue weighted by molar-refractivity contribution is 0.140. The fourth-order valence-electron chi connectivity index (χ4n) is 2.44. The molecule has 2 atom stereocenters. The Kier molecular flexibility index (Phi) is 7.03. The van der Waals surface area contributed by atoms with Crippen molar-refractivity contribution in [1.82, 2.24) is 4.90 Å². The summed E-state index contributed by atoms with van der Waals surface area (Å²) in [5.74, 6) is -0.185. The number of unbranched alkanes of at least 4 members (excludes halogenated alkanes) is 1. The van der Waals surface area contributed by atoms with Crippen molar-refractivity contribution < 1.29 is 4.39 Å². The molecule has 2 nitrogen and oxygen atoms in total. The molecule has 0 fully saturated rings. The van der Waals surface area contributed by atoms with Crippen LogP contribution >= 0.6 is 0 Å². The van der Waals surface area contributed by atoms with Crippen molar-refractivity contribution in [1.29, 1.82) is 0 Å². The van der Waals surface area contributed by atoms with Gasteiger partial charge in [-0.3, -0.25) is 4.90 Å². The lowest BCUT2D eigenvalue weighted by Crippen LogP contribution is -2.40. The second kappa shape index (κ2) is 8.28. The molecule has 0 heterocycles. The minimum atomic E-state index is -0.185. The van der Waals surface area contributed by atoms with Gasteiger partial charge in [0.2, 0.25) is 0 Å². The van der Waals surface area contributed by atoms with Crippen molar-refractivity contribution in [2.45, 2.75) is 52.1 Å². The maximum absolute atomic E-state index is 13.4. The summed E-state index contributed by atoms with van der Waals surface area (Å²) in [5, 5.41) is 0. The highest BCUT2D eigenvalue weighted by molar-refractivity contribution is 5.21. The van der Waals surface area contributed by atoms with Crippen LogP contribution < -0.4 is 5.73 Å². The molecular formula is C16H27FN2. The Morgan fingerprint density at radius 3 is 2.58 bits per heavy atom. The van der Waals surface area contributed by atoms with Gasteiger partial charge >= 0.3 is 0 Å². The normalized spacial score (nSPS) is 14.6. The average Bonchev–Trinajstić information content (AvgIpc) is 2.42. The van der Waals surface area contributed by atoms with Crippen LogP contribution in [0.5, 0.6) is 0 Å². The van der Waals surface area contributed by atoms with E-state index in [4.69, 9.17) is 5.73 Å². The number of nitrogens with two attached hydrogens (primary N) is 1. The summed E-state index contributed by atoms with van der Waals surface area (Å²) >= 11 is 0. The summed E-state index contributed by atoms with van der Waals surface area (Å²) in [6, 6.07) is 7.40. The predicted octanol–water partition coefficient (Wildman–Crippen LogP) is 3.73. The molecule has 0 saturated carbocycles. The van der Waals surface area contributed by atoms with Crippen molar-refractivity contribution in [3.05, 3.63) is 35.6 Å². The van der Waals surface area contributed by atoms with Gasteiger partial charge in [-0.15, -0.1) is 0 Å². The summed E-state index contributed by atoms with van der Waals surface area (Å²) in [5.41, 5.74) is 6.94. The van der Waals surface area contributed by atoms with E-state index >= 15 is 0 Å². The number of benzene rings is 1. The molecule has 0 radical (unpaired) electrons. The van der Waals surface area contributed by atoms with Crippen LogP contribution in [0.15, 0.2) is 24.3 Å². The Bertz CT molecular complexity index is 368. The first-order valence-corrected chi connectivity index (χ1v) is 7.35. The molecule has 19 heavy (non-hydrogen) atoms. The number of rotatable bonds is 8. The Labute approximate surface area is 116 Å². The standard InChI is InChI=1S/C16H27FN2/c1-4-6-10-19(13(3)5-2)16(12-18)14-8-7-9-15(17)11-14/h7-9,11,13,16H,4-6,10,12,18H2,1-3H3. The molecule has 0 aliphatic carbocycles. The Hall–Kier alpha value is -0.930. The van der Waals surface area contributed by atoms with Crippen LogP contribution in [-0.4, -0.2) is 24.0 Å². The molecule has 0 spiro atoms. The molecule has 0 aliphatic rings. The summed E-state index contributed by atoms with van der Waals surface area (Å²) in [7, 11) is 0. The summed E-state index contributed by atoms with van der Waals surface area (Å²) in [4.78, 5) is 2.41. The van der Waals surface area contributed by atoms with Crippen molar-refractivity contribution in [3.8, 4) is 0 Å². The van der Waals surface area contributed by atoms with E-state index in [-0.39, 0.29) is 11.9 Å². The SMILES string of the molecule is CCCCN(C(C)CC)C(CN)c1cccc(F)c1. The number of halogens is 1. The highest BCUT2D eigenvalue weighted by Gasteiger charge is 2.22. The van der Waals surface area contributed by atoms with Crippen LogP contribution in [0.25, 0.3) is 0 Å². The van der Waals surface area contributed by atoms with E-state index in [1.54, 1.807) is 12.1 Å². The van der Waals surface area contributed by atoms with E-state index < -0.39 is 0 Å². The molecule has 108 valence electrons. The van der Waals surface area contributed by atoms with Gasteiger partial charge in [0.15, 0.2) is 0 Å². The molecule has 0 saturated heterocycles. The molecule has 3 heteroatoms. The van der Waals surface area contributed by atoms with Gasteiger partial charge in [-0.05, 0) is 44.0 Å². The zero-order chi connectivity index (χ0) is 14.3. The van der Waals surface area contributed by atoms with E-state index in [1.165, 1.54) is 6.07 Å². The van der Waals surface area contributed by atoms with Gasteiger partial charge in [-0.25, -0.2) is 4.39 Å². The minimum absolute atomic E-state index is 0.109. The summed E-state index contributed by atoms with van der Waals surface area (Å²) in [6.45, 7) is 8.14. The first-order chi connectivity index (χ1) is 9.13. The third kappa shape index (κ3) is 4.59. The van der Waals surface area contributed by atoms with Gasteiger partial charge in [-0.2, -0.15) is 0 Å². The largest absolute Gasteiger partial charge is 0.329 e. The third-order valence-corrected chi connectivity index (χ3v) is 3.78. The molecule has 0 aliphatic heterocycles. The van der Waals surface area contributed by atoms with Crippen molar-refractivity contribution in [2.75, 3.05) is 13.1 Å². The molecular weight excluding hydrogens is 239 g/mol. The van der Waals surface area contributed by atoms with Gasteiger partial charge in [0.05, 0.1) is 0 Å². The Morgan fingerprint density at radius 1 is 1.32 bits per heavy atom. The lowest BCUT2D eigenvalue weighted by atomic mass is 10.0. The predicted molar refractivity (Wildman–Crippen MR) is 79.6 cm³/mol. The second-order valence-electron chi connectivity index (χ2n) is 5.16. The van der Waals surface area contributed by atoms with Gasteiger partial charge < -0.3 is 5.73 Å². The van der Waals surface area contributed by atoms with E-state index in [0.717, 1.165) is 31.4 Å². The number of hydrogen-bond acceptors (Lipinski definition) is 2. The molecule has 2 N–H and O–H groups in total. The fourth-order valence-corrected chi connectivity index (χ4v) is 2.44. The smallest absolute Gasteiger partial charge is 0.123 e. The fraction of sp³-hybridized carbons (Fsp3) is 0.625. The van der Waals surface area contributed by atoms with Crippen molar-refractivity contribution in [2.24, 2.45) is 5.73 Å². The zero-order valence-corrected chi connectivity index (χ0v) is 12.4. The van der Waals surface area contributed by atoms with Crippen molar-refractivity contribution >= 4 is 0 Å². The van der Waals surface area contributed by atoms with E-state index in [2.05, 4.69) is 25.7 Å². The first-order valence-electron chi connectivity index (χ1n) is 7.35. The van der Waals surface area contributed by atoms with Gasteiger partial charge in [0.1, 0.15) is 5.82 Å². The van der Waals surface area contributed by atoms with Crippen LogP contribution in [0, 0.1) is 5.82 Å². The van der Waals surface area contributed by atoms with Crippen LogP contribution in [-0.2, 0) is 0 Å². The maximum atomic E-state index is 13.4. The highest BCUT2D eigenvalue weighted by atomic mass is 19.1. The Morgan fingerprint density at radius 2 is 2.05 bits per heavy atom. The second-order valence-corrected chi connectivity index (χ2v) is 5.16. The average molecular weight is 266 g/mol. The molecule has 0 amide bonds. The van der Waals surface area contributed by atoms with E-state index in [1.807, 2.05) is 6.07 Å². The van der Waals surface area contributed by atoms with Crippen LogP contribution in [0.3, 0.4) is 0 Å².